The summed E-state index contributed by atoms with van der Waals surface area (Å²) in [6, 6.07) is 7.25. The van der Waals surface area contributed by atoms with Crippen molar-refractivity contribution in [1.82, 2.24) is 0 Å². The van der Waals surface area contributed by atoms with Crippen LogP contribution in [0.25, 0.3) is 11.0 Å². The highest BCUT2D eigenvalue weighted by atomic mass is 16.7. The Kier molecular flexibility index (Phi) is 4.25. The van der Waals surface area contributed by atoms with Crippen LogP contribution in [0.3, 0.4) is 0 Å². The fourth-order valence-corrected chi connectivity index (χ4v) is 2.66. The molecule has 0 aliphatic carbocycles. The van der Waals surface area contributed by atoms with Crippen LogP contribution in [-0.4, -0.2) is 56.6 Å². The number of carbonyl (C=O) groups is 1. The van der Waals surface area contributed by atoms with E-state index in [4.69, 9.17) is 19.0 Å². The first-order valence-corrected chi connectivity index (χ1v) is 7.37. The third-order valence-electron chi connectivity index (χ3n) is 4.07. The predicted octanol–water partition coefficient (Wildman–Crippen LogP) is -0.546. The fourth-order valence-electron chi connectivity index (χ4n) is 2.66. The van der Waals surface area contributed by atoms with Crippen LogP contribution >= 0.6 is 0 Å². The molecule has 2 heterocycles. The molecule has 9 heteroatoms. The van der Waals surface area contributed by atoms with Crippen molar-refractivity contribution in [1.29, 1.82) is 0 Å². The maximum atomic E-state index is 11.3. The molecular formula is C16H16O9. The van der Waals surface area contributed by atoms with Gasteiger partial charge in [-0.05, 0) is 25.1 Å². The molecule has 25 heavy (non-hydrogen) atoms. The van der Waals surface area contributed by atoms with Crippen molar-refractivity contribution in [2.75, 3.05) is 0 Å². The number of benzene rings is 1. The van der Waals surface area contributed by atoms with E-state index in [9.17, 15) is 24.9 Å². The second-order valence-electron chi connectivity index (χ2n) is 5.96. The quantitative estimate of drug-likeness (QED) is 0.534. The lowest BCUT2D eigenvalue weighted by Gasteiger charge is -2.44. The summed E-state index contributed by atoms with van der Waals surface area (Å²) in [6.07, 6.45) is -6.88. The molecule has 5 atom stereocenters. The number of rotatable bonds is 3. The summed E-state index contributed by atoms with van der Waals surface area (Å²) in [7, 11) is 0. The van der Waals surface area contributed by atoms with E-state index in [1.807, 2.05) is 0 Å². The lowest BCUT2D eigenvalue weighted by Crippen LogP contribution is -2.67. The SMILES string of the molecule is C[C@@]1(O)[C@@H](C(=O)O)OC(Oc2ccc3ccc(=O)oc3c2)[C@H](O)[C@H]1O. The Morgan fingerprint density at radius 1 is 1.24 bits per heavy atom. The molecule has 1 aliphatic rings. The molecule has 3 rings (SSSR count). The summed E-state index contributed by atoms with van der Waals surface area (Å²) in [5, 5.41) is 39.9. The van der Waals surface area contributed by atoms with Gasteiger partial charge >= 0.3 is 11.6 Å². The Morgan fingerprint density at radius 3 is 2.60 bits per heavy atom. The molecule has 134 valence electrons. The van der Waals surface area contributed by atoms with Gasteiger partial charge in [-0.3, -0.25) is 0 Å². The Labute approximate surface area is 140 Å². The molecule has 9 nitrogen and oxygen atoms in total. The first kappa shape index (κ1) is 17.4. The number of carboxylic acids is 1. The molecule has 1 aromatic heterocycles. The van der Waals surface area contributed by atoms with Gasteiger partial charge in [-0.25, -0.2) is 9.59 Å². The van der Waals surface area contributed by atoms with Gasteiger partial charge in [0.25, 0.3) is 0 Å². The third-order valence-corrected chi connectivity index (χ3v) is 4.07. The number of carboxylic acid groups (broad SMARTS) is 1. The summed E-state index contributed by atoms with van der Waals surface area (Å²) in [5.41, 5.74) is -2.55. The van der Waals surface area contributed by atoms with Crippen LogP contribution in [-0.2, 0) is 9.53 Å². The molecule has 0 radical (unpaired) electrons. The van der Waals surface area contributed by atoms with E-state index in [-0.39, 0.29) is 11.3 Å². The van der Waals surface area contributed by atoms with Gasteiger partial charge in [0.15, 0.2) is 6.10 Å². The fraction of sp³-hybridized carbons (Fsp3) is 0.375. The van der Waals surface area contributed by atoms with E-state index in [2.05, 4.69) is 0 Å². The van der Waals surface area contributed by atoms with Crippen LogP contribution in [0.4, 0.5) is 0 Å². The third kappa shape index (κ3) is 3.10. The molecule has 1 unspecified atom stereocenters. The predicted molar refractivity (Wildman–Crippen MR) is 82.0 cm³/mol. The summed E-state index contributed by atoms with van der Waals surface area (Å²) in [5.74, 6) is -1.40. The second kappa shape index (κ2) is 6.12. The lowest BCUT2D eigenvalue weighted by molar-refractivity contribution is -0.300. The minimum Gasteiger partial charge on any atom is -0.479 e. The zero-order valence-corrected chi connectivity index (χ0v) is 13.0. The standard InChI is InChI=1S/C16H16O9/c1-16(22)12(19)11(18)15(25-13(16)14(20)21)23-8-4-2-7-3-5-10(17)24-9(7)6-8/h2-6,11-13,15,18-19,22H,1H3,(H,20,21)/t11-,12-,13-,15?,16+/m1/s1. The largest absolute Gasteiger partial charge is 0.479 e. The number of fused-ring (bicyclic) bond motifs is 1. The van der Waals surface area contributed by atoms with Gasteiger partial charge in [0.05, 0.1) is 0 Å². The minimum atomic E-state index is -2.21. The Bertz CT molecular complexity index is 856. The highest BCUT2D eigenvalue weighted by Crippen LogP contribution is 2.32. The van der Waals surface area contributed by atoms with Crippen LogP contribution in [0.15, 0.2) is 39.5 Å². The average Bonchev–Trinajstić information content (AvgIpc) is 2.55. The van der Waals surface area contributed by atoms with Crippen LogP contribution in [0.5, 0.6) is 5.75 Å². The van der Waals surface area contributed by atoms with E-state index in [0.717, 1.165) is 6.92 Å². The maximum Gasteiger partial charge on any atom is 0.336 e. The van der Waals surface area contributed by atoms with Gasteiger partial charge < -0.3 is 34.3 Å². The normalized spacial score (nSPS) is 32.5. The molecule has 1 saturated heterocycles. The molecule has 0 bridgehead atoms. The van der Waals surface area contributed by atoms with E-state index < -0.39 is 41.8 Å². The smallest absolute Gasteiger partial charge is 0.336 e. The summed E-state index contributed by atoms with van der Waals surface area (Å²) in [6.45, 7) is 1.04. The lowest BCUT2D eigenvalue weighted by atomic mass is 9.86. The second-order valence-corrected chi connectivity index (χ2v) is 5.96. The van der Waals surface area contributed by atoms with Crippen LogP contribution < -0.4 is 10.4 Å². The van der Waals surface area contributed by atoms with Crippen molar-refractivity contribution in [3.05, 3.63) is 40.8 Å². The Balaban J connectivity index is 1.89. The summed E-state index contributed by atoms with van der Waals surface area (Å²) in [4.78, 5) is 22.5. The molecule has 2 aromatic rings. The molecule has 0 spiro atoms. The highest BCUT2D eigenvalue weighted by molar-refractivity contribution is 5.77. The van der Waals surface area contributed by atoms with E-state index in [1.54, 1.807) is 12.1 Å². The highest BCUT2D eigenvalue weighted by Gasteiger charge is 2.55. The molecule has 4 N–H and O–H groups in total. The molecule has 0 amide bonds. The van der Waals surface area contributed by atoms with Crippen LogP contribution in [0.1, 0.15) is 6.92 Å². The van der Waals surface area contributed by atoms with Crippen LogP contribution in [0.2, 0.25) is 0 Å². The number of aliphatic hydroxyl groups is 3. The monoisotopic (exact) mass is 352 g/mol. The van der Waals surface area contributed by atoms with E-state index in [0.29, 0.717) is 5.39 Å². The zero-order chi connectivity index (χ0) is 18.4. The van der Waals surface area contributed by atoms with Crippen molar-refractivity contribution in [3.8, 4) is 5.75 Å². The van der Waals surface area contributed by atoms with Crippen LogP contribution in [0, 0.1) is 0 Å². The topological polar surface area (TPSA) is 147 Å². The van der Waals surface area contributed by atoms with Crippen molar-refractivity contribution >= 4 is 16.9 Å². The first-order valence-electron chi connectivity index (χ1n) is 7.37. The van der Waals surface area contributed by atoms with E-state index in [1.165, 1.54) is 18.2 Å². The number of hydrogen-bond acceptors (Lipinski definition) is 8. The molecular weight excluding hydrogens is 336 g/mol. The van der Waals surface area contributed by atoms with Crippen molar-refractivity contribution in [2.45, 2.75) is 37.1 Å². The molecule has 0 saturated carbocycles. The Morgan fingerprint density at radius 2 is 1.92 bits per heavy atom. The summed E-state index contributed by atoms with van der Waals surface area (Å²) < 4.78 is 15.5. The first-order chi connectivity index (χ1) is 11.7. The molecule has 1 fully saturated rings. The minimum absolute atomic E-state index is 0.115. The maximum absolute atomic E-state index is 11.3. The van der Waals surface area contributed by atoms with Gasteiger partial charge in [-0.15, -0.1) is 0 Å². The van der Waals surface area contributed by atoms with Crippen molar-refractivity contribution in [2.24, 2.45) is 0 Å². The van der Waals surface area contributed by atoms with Crippen molar-refractivity contribution < 1.29 is 39.1 Å². The van der Waals surface area contributed by atoms with Gasteiger partial charge in [-0.1, -0.05) is 0 Å². The van der Waals surface area contributed by atoms with E-state index >= 15 is 0 Å². The zero-order valence-electron chi connectivity index (χ0n) is 13.0. The average molecular weight is 352 g/mol. The van der Waals surface area contributed by atoms with Gasteiger partial charge in [0.1, 0.15) is 29.1 Å². The van der Waals surface area contributed by atoms with Gasteiger partial charge in [0, 0.05) is 17.5 Å². The van der Waals surface area contributed by atoms with Crippen molar-refractivity contribution in [3.63, 3.8) is 0 Å². The summed E-state index contributed by atoms with van der Waals surface area (Å²) >= 11 is 0. The number of aliphatic carboxylic acids is 1. The molecule has 1 aromatic carbocycles. The number of ether oxygens (including phenoxy) is 2. The number of aliphatic hydroxyl groups excluding tert-OH is 2. The Hall–Kier alpha value is -2.46. The number of hydrogen-bond donors (Lipinski definition) is 4. The van der Waals surface area contributed by atoms with Gasteiger partial charge in [-0.2, -0.15) is 0 Å². The van der Waals surface area contributed by atoms with Gasteiger partial charge in [0.2, 0.25) is 6.29 Å². The molecule has 1 aliphatic heterocycles.